The third-order valence-corrected chi connectivity index (χ3v) is 4.36. The maximum atomic E-state index is 5.24. The van der Waals surface area contributed by atoms with Gasteiger partial charge in [0.05, 0.1) is 7.11 Å². The first kappa shape index (κ1) is 16.3. The molecule has 0 aromatic heterocycles. The van der Waals surface area contributed by atoms with Gasteiger partial charge in [0.2, 0.25) is 0 Å². The van der Waals surface area contributed by atoms with E-state index in [0.29, 0.717) is 12.1 Å². The highest BCUT2D eigenvalue weighted by Crippen LogP contribution is 2.23. The quantitative estimate of drug-likeness (QED) is 0.831. The second kappa shape index (κ2) is 7.78. The van der Waals surface area contributed by atoms with Gasteiger partial charge in [-0.3, -0.25) is 4.90 Å². The van der Waals surface area contributed by atoms with Gasteiger partial charge in [-0.2, -0.15) is 0 Å². The Labute approximate surface area is 129 Å². The van der Waals surface area contributed by atoms with Crippen molar-refractivity contribution in [3.63, 3.8) is 0 Å². The predicted molar refractivity (Wildman–Crippen MR) is 87.9 cm³/mol. The number of nitrogens with one attached hydrogen (secondary N) is 1. The molecule has 0 saturated carbocycles. The van der Waals surface area contributed by atoms with Gasteiger partial charge >= 0.3 is 0 Å². The Morgan fingerprint density at radius 3 is 2.62 bits per heavy atom. The molecule has 4 nitrogen and oxygen atoms in total. The second-order valence-corrected chi connectivity index (χ2v) is 6.17. The van der Waals surface area contributed by atoms with E-state index in [4.69, 9.17) is 4.74 Å². The Hall–Kier alpha value is -1.10. The minimum absolute atomic E-state index is 0.374. The summed E-state index contributed by atoms with van der Waals surface area (Å²) in [6.07, 6.45) is 2.63. The summed E-state index contributed by atoms with van der Waals surface area (Å²) in [5, 5.41) is 3.46. The Morgan fingerprint density at radius 1 is 1.33 bits per heavy atom. The molecular formula is C17H29N3O. The number of rotatable bonds is 7. The monoisotopic (exact) mass is 291 g/mol. The molecule has 1 fully saturated rings. The van der Waals surface area contributed by atoms with E-state index in [2.05, 4.69) is 41.3 Å². The predicted octanol–water partition coefficient (Wildman–Crippen LogP) is 1.98. The highest BCUT2D eigenvalue weighted by atomic mass is 16.5. The molecule has 0 amide bonds. The van der Waals surface area contributed by atoms with Crippen molar-refractivity contribution >= 4 is 0 Å². The SMILES string of the molecule is CNC(CN1CCCC1CN(C)C)c1ccc(OC)cc1. The second-order valence-electron chi connectivity index (χ2n) is 6.17. The van der Waals surface area contributed by atoms with Crippen LogP contribution in [0.25, 0.3) is 0 Å². The highest BCUT2D eigenvalue weighted by Gasteiger charge is 2.27. The Kier molecular flexibility index (Phi) is 6.03. The van der Waals surface area contributed by atoms with Crippen LogP contribution in [0.15, 0.2) is 24.3 Å². The van der Waals surface area contributed by atoms with Gasteiger partial charge in [0.25, 0.3) is 0 Å². The van der Waals surface area contributed by atoms with Gasteiger partial charge < -0.3 is 15.0 Å². The molecule has 0 spiro atoms. The van der Waals surface area contributed by atoms with Crippen LogP contribution in [0.1, 0.15) is 24.4 Å². The largest absolute Gasteiger partial charge is 0.497 e. The van der Waals surface area contributed by atoms with Gasteiger partial charge in [-0.25, -0.2) is 0 Å². The fourth-order valence-electron chi connectivity index (χ4n) is 3.20. The molecule has 0 bridgehead atoms. The first-order chi connectivity index (χ1) is 10.1. The first-order valence-corrected chi connectivity index (χ1v) is 7.84. The number of nitrogens with zero attached hydrogens (tertiary/aromatic N) is 2. The molecule has 1 N–H and O–H groups in total. The van der Waals surface area contributed by atoms with Crippen LogP contribution in [-0.4, -0.2) is 63.7 Å². The molecule has 0 aliphatic carbocycles. The molecule has 2 unspecified atom stereocenters. The van der Waals surface area contributed by atoms with Crippen LogP contribution in [0, 0.1) is 0 Å². The van der Waals surface area contributed by atoms with Gasteiger partial charge in [-0.1, -0.05) is 12.1 Å². The van der Waals surface area contributed by atoms with Gasteiger partial charge in [0, 0.05) is 25.2 Å². The summed E-state index contributed by atoms with van der Waals surface area (Å²) in [6, 6.07) is 9.48. The summed E-state index contributed by atoms with van der Waals surface area (Å²) in [5.41, 5.74) is 1.33. The van der Waals surface area contributed by atoms with E-state index >= 15 is 0 Å². The fraction of sp³-hybridized carbons (Fsp3) is 0.647. The van der Waals surface area contributed by atoms with Crippen LogP contribution in [0.4, 0.5) is 0 Å². The maximum Gasteiger partial charge on any atom is 0.118 e. The van der Waals surface area contributed by atoms with Crippen LogP contribution >= 0.6 is 0 Å². The third kappa shape index (κ3) is 4.43. The zero-order chi connectivity index (χ0) is 15.2. The van der Waals surface area contributed by atoms with Crippen molar-refractivity contribution in [1.29, 1.82) is 0 Å². The lowest BCUT2D eigenvalue weighted by Crippen LogP contribution is -2.41. The fourth-order valence-corrected chi connectivity index (χ4v) is 3.20. The van der Waals surface area contributed by atoms with Crippen LogP contribution in [0.5, 0.6) is 5.75 Å². The van der Waals surface area contributed by atoms with E-state index in [1.807, 2.05) is 19.2 Å². The van der Waals surface area contributed by atoms with Crippen LogP contribution in [0.2, 0.25) is 0 Å². The van der Waals surface area contributed by atoms with E-state index in [-0.39, 0.29) is 0 Å². The van der Waals surface area contributed by atoms with E-state index in [0.717, 1.165) is 18.8 Å². The minimum Gasteiger partial charge on any atom is -0.497 e. The summed E-state index contributed by atoms with van der Waals surface area (Å²) in [6.45, 7) is 3.44. The number of hydrogen-bond acceptors (Lipinski definition) is 4. The third-order valence-electron chi connectivity index (χ3n) is 4.36. The van der Waals surface area contributed by atoms with Crippen LogP contribution in [0.3, 0.4) is 0 Å². The molecule has 2 rings (SSSR count). The highest BCUT2D eigenvalue weighted by molar-refractivity contribution is 5.29. The molecule has 118 valence electrons. The van der Waals surface area contributed by atoms with E-state index < -0.39 is 0 Å². The average Bonchev–Trinajstić information content (AvgIpc) is 2.91. The normalized spacial score (nSPS) is 20.9. The Bertz CT molecular complexity index is 419. The molecular weight excluding hydrogens is 262 g/mol. The molecule has 1 heterocycles. The van der Waals surface area contributed by atoms with E-state index in [1.54, 1.807) is 7.11 Å². The molecule has 0 radical (unpaired) electrons. The van der Waals surface area contributed by atoms with E-state index in [1.165, 1.54) is 24.9 Å². The molecule has 1 aromatic rings. The van der Waals surface area contributed by atoms with Crippen molar-refractivity contribution < 1.29 is 4.74 Å². The van der Waals surface area contributed by atoms with Crippen molar-refractivity contribution in [2.75, 3.05) is 47.9 Å². The zero-order valence-corrected chi connectivity index (χ0v) is 13.8. The maximum absolute atomic E-state index is 5.24. The standard InChI is InChI=1S/C17H29N3O/c1-18-17(14-7-9-16(21-4)10-8-14)13-20-11-5-6-15(20)12-19(2)3/h7-10,15,17-18H,5-6,11-13H2,1-4H3. The number of benzene rings is 1. The lowest BCUT2D eigenvalue weighted by molar-refractivity contribution is 0.191. The summed E-state index contributed by atoms with van der Waals surface area (Å²) < 4.78 is 5.24. The van der Waals surface area contributed by atoms with Gasteiger partial charge in [0.1, 0.15) is 5.75 Å². The lowest BCUT2D eigenvalue weighted by atomic mass is 10.1. The van der Waals surface area contributed by atoms with Crippen molar-refractivity contribution in [2.24, 2.45) is 0 Å². The summed E-state index contributed by atoms with van der Waals surface area (Å²) in [4.78, 5) is 4.93. The molecule has 4 heteroatoms. The molecule has 1 aliphatic rings. The Morgan fingerprint density at radius 2 is 2.05 bits per heavy atom. The number of hydrogen-bond donors (Lipinski definition) is 1. The van der Waals surface area contributed by atoms with E-state index in [9.17, 15) is 0 Å². The molecule has 2 atom stereocenters. The lowest BCUT2D eigenvalue weighted by Gasteiger charge is -2.30. The molecule has 1 saturated heterocycles. The van der Waals surface area contributed by atoms with Crippen molar-refractivity contribution in [3.05, 3.63) is 29.8 Å². The van der Waals surface area contributed by atoms with Crippen molar-refractivity contribution in [1.82, 2.24) is 15.1 Å². The van der Waals surface area contributed by atoms with Crippen molar-refractivity contribution in [3.8, 4) is 5.75 Å². The smallest absolute Gasteiger partial charge is 0.118 e. The topological polar surface area (TPSA) is 27.7 Å². The summed E-state index contributed by atoms with van der Waals surface area (Å²) in [5.74, 6) is 0.917. The Balaban J connectivity index is 2.00. The summed E-state index contributed by atoms with van der Waals surface area (Å²) >= 11 is 0. The van der Waals surface area contributed by atoms with Crippen LogP contribution < -0.4 is 10.1 Å². The van der Waals surface area contributed by atoms with Crippen LogP contribution in [-0.2, 0) is 0 Å². The molecule has 1 aromatic carbocycles. The zero-order valence-electron chi connectivity index (χ0n) is 13.8. The minimum atomic E-state index is 0.374. The number of likely N-dealkylation sites (N-methyl/N-ethyl adjacent to an activating group) is 2. The number of methoxy groups -OCH3 is 1. The van der Waals surface area contributed by atoms with Gasteiger partial charge in [0.15, 0.2) is 0 Å². The molecule has 1 aliphatic heterocycles. The number of likely N-dealkylation sites (tertiary alicyclic amines) is 1. The number of ether oxygens (including phenoxy) is 1. The molecule has 21 heavy (non-hydrogen) atoms. The van der Waals surface area contributed by atoms with Gasteiger partial charge in [-0.05, 0) is 58.2 Å². The average molecular weight is 291 g/mol. The first-order valence-electron chi connectivity index (χ1n) is 7.84. The van der Waals surface area contributed by atoms with Gasteiger partial charge in [-0.15, -0.1) is 0 Å². The van der Waals surface area contributed by atoms with Crippen molar-refractivity contribution in [2.45, 2.75) is 24.9 Å². The summed E-state index contributed by atoms with van der Waals surface area (Å²) in [7, 11) is 8.08.